The highest BCUT2D eigenvalue weighted by atomic mass is 19.3. The number of carbonyl (C=O) groups excluding carboxylic acids is 1. The molecule has 3 rings (SSSR count). The molecule has 1 heterocycles. The predicted octanol–water partition coefficient (Wildman–Crippen LogP) is 4.60. The molecule has 0 amide bonds. The van der Waals surface area contributed by atoms with Gasteiger partial charge in [-0.05, 0) is 42.7 Å². The standard InChI is InChI=1S/C23H25F2N3O3/c1-4-14-8-11-17(18(26)12-14)21-20(22(29)30-5-2)27-19(28(21)3)13-15-6-9-16(10-7-15)31-23(24)25/h6-12,23H,4-5,13,26H2,1-3H3. The Bertz CT molecular complexity index is 1060. The molecule has 8 heteroatoms. The molecule has 2 aromatic carbocycles. The zero-order valence-electron chi connectivity index (χ0n) is 17.7. The summed E-state index contributed by atoms with van der Waals surface area (Å²) in [6, 6.07) is 12.0. The lowest BCUT2D eigenvalue weighted by Crippen LogP contribution is -2.08. The average molecular weight is 429 g/mol. The SMILES string of the molecule is CCOC(=O)c1nc(Cc2ccc(OC(F)F)cc2)n(C)c1-c1ccc(CC)cc1N. The molecular weight excluding hydrogens is 404 g/mol. The summed E-state index contributed by atoms with van der Waals surface area (Å²) in [5, 5.41) is 0. The van der Waals surface area contributed by atoms with Crippen molar-refractivity contribution in [2.24, 2.45) is 7.05 Å². The normalized spacial score (nSPS) is 11.0. The van der Waals surface area contributed by atoms with Gasteiger partial charge in [-0.25, -0.2) is 9.78 Å². The largest absolute Gasteiger partial charge is 0.461 e. The minimum Gasteiger partial charge on any atom is -0.461 e. The first kappa shape index (κ1) is 22.3. The number of aromatic nitrogens is 2. The second-order valence-electron chi connectivity index (χ2n) is 6.98. The van der Waals surface area contributed by atoms with Crippen LogP contribution in [0.1, 0.15) is 41.3 Å². The minimum absolute atomic E-state index is 0.0790. The van der Waals surface area contributed by atoms with Crippen molar-refractivity contribution in [2.45, 2.75) is 33.3 Å². The summed E-state index contributed by atoms with van der Waals surface area (Å²) in [6.07, 6.45) is 1.22. The van der Waals surface area contributed by atoms with Crippen LogP contribution in [0.2, 0.25) is 0 Å². The van der Waals surface area contributed by atoms with Gasteiger partial charge in [-0.3, -0.25) is 0 Å². The van der Waals surface area contributed by atoms with Gasteiger partial charge in [0.1, 0.15) is 11.6 Å². The second kappa shape index (κ2) is 9.59. The van der Waals surface area contributed by atoms with E-state index in [9.17, 15) is 13.6 Å². The topological polar surface area (TPSA) is 79.4 Å². The predicted molar refractivity (Wildman–Crippen MR) is 114 cm³/mol. The van der Waals surface area contributed by atoms with Crippen LogP contribution in [0.5, 0.6) is 5.75 Å². The molecule has 3 aromatic rings. The summed E-state index contributed by atoms with van der Waals surface area (Å²) in [5.74, 6) is 0.161. The van der Waals surface area contributed by atoms with Crippen LogP contribution in [0, 0.1) is 0 Å². The summed E-state index contributed by atoms with van der Waals surface area (Å²) >= 11 is 0. The number of nitrogen functional groups attached to an aromatic ring is 1. The molecule has 0 aliphatic rings. The number of alkyl halides is 2. The van der Waals surface area contributed by atoms with Gasteiger partial charge in [0.05, 0.1) is 12.3 Å². The first-order chi connectivity index (χ1) is 14.8. The van der Waals surface area contributed by atoms with Gasteiger partial charge >= 0.3 is 12.6 Å². The Balaban J connectivity index is 2.01. The molecule has 0 aliphatic heterocycles. The molecule has 1 aromatic heterocycles. The van der Waals surface area contributed by atoms with E-state index in [-0.39, 0.29) is 18.1 Å². The molecule has 0 spiro atoms. The molecule has 0 atom stereocenters. The number of benzene rings is 2. The van der Waals surface area contributed by atoms with Gasteiger partial charge < -0.3 is 19.8 Å². The Morgan fingerprint density at radius 2 is 1.81 bits per heavy atom. The lowest BCUT2D eigenvalue weighted by Gasteiger charge is -2.11. The van der Waals surface area contributed by atoms with E-state index in [0.717, 1.165) is 17.5 Å². The van der Waals surface area contributed by atoms with Crippen LogP contribution in [-0.4, -0.2) is 28.7 Å². The molecule has 6 nitrogen and oxygen atoms in total. The van der Waals surface area contributed by atoms with Crippen LogP contribution in [-0.2, 0) is 24.6 Å². The Hall–Kier alpha value is -3.42. The number of anilines is 1. The maximum absolute atomic E-state index is 12.6. The number of carbonyl (C=O) groups is 1. The molecular formula is C23H25F2N3O3. The van der Waals surface area contributed by atoms with Crippen LogP contribution in [0.25, 0.3) is 11.3 Å². The quantitative estimate of drug-likeness (QED) is 0.418. The first-order valence-corrected chi connectivity index (χ1v) is 9.99. The third kappa shape index (κ3) is 5.02. The van der Waals surface area contributed by atoms with Crippen molar-refractivity contribution in [2.75, 3.05) is 12.3 Å². The van der Waals surface area contributed by atoms with Crippen LogP contribution in [0.4, 0.5) is 14.5 Å². The third-order valence-electron chi connectivity index (χ3n) is 4.95. The second-order valence-corrected chi connectivity index (χ2v) is 6.98. The molecule has 0 bridgehead atoms. The maximum atomic E-state index is 12.6. The van der Waals surface area contributed by atoms with Crippen molar-refractivity contribution in [3.05, 3.63) is 65.1 Å². The van der Waals surface area contributed by atoms with Crippen LogP contribution in [0.15, 0.2) is 42.5 Å². The number of nitrogens with two attached hydrogens (primary N) is 1. The highest BCUT2D eigenvalue weighted by molar-refractivity contribution is 5.96. The summed E-state index contributed by atoms with van der Waals surface area (Å²) in [4.78, 5) is 17.1. The van der Waals surface area contributed by atoms with Crippen molar-refractivity contribution >= 4 is 11.7 Å². The monoisotopic (exact) mass is 429 g/mol. The van der Waals surface area contributed by atoms with Crippen molar-refractivity contribution in [1.82, 2.24) is 9.55 Å². The van der Waals surface area contributed by atoms with Crippen LogP contribution < -0.4 is 10.5 Å². The summed E-state index contributed by atoms with van der Waals surface area (Å²) in [5.41, 5.74) is 10.2. The number of esters is 1. The van der Waals surface area contributed by atoms with Crippen LogP contribution >= 0.6 is 0 Å². The smallest absolute Gasteiger partial charge is 0.387 e. The van der Waals surface area contributed by atoms with Gasteiger partial charge in [-0.2, -0.15) is 8.78 Å². The van der Waals surface area contributed by atoms with Crippen molar-refractivity contribution < 1.29 is 23.0 Å². The van der Waals surface area contributed by atoms with E-state index in [4.69, 9.17) is 10.5 Å². The molecule has 31 heavy (non-hydrogen) atoms. The van der Waals surface area contributed by atoms with Crippen molar-refractivity contribution in [1.29, 1.82) is 0 Å². The summed E-state index contributed by atoms with van der Waals surface area (Å²) in [6.45, 7) is 1.12. The molecule has 0 saturated heterocycles. The lowest BCUT2D eigenvalue weighted by atomic mass is 10.0. The van der Waals surface area contributed by atoms with E-state index in [1.807, 2.05) is 36.7 Å². The Kier molecular flexibility index (Phi) is 6.89. The van der Waals surface area contributed by atoms with E-state index in [2.05, 4.69) is 9.72 Å². The number of rotatable bonds is 8. The van der Waals surface area contributed by atoms with Crippen LogP contribution in [0.3, 0.4) is 0 Å². The fourth-order valence-electron chi connectivity index (χ4n) is 3.37. The maximum Gasteiger partial charge on any atom is 0.387 e. The van der Waals surface area contributed by atoms with Gasteiger partial charge in [-0.1, -0.05) is 31.2 Å². The molecule has 2 N–H and O–H groups in total. The van der Waals surface area contributed by atoms with Gasteiger partial charge in [0.25, 0.3) is 0 Å². The molecule has 164 valence electrons. The van der Waals surface area contributed by atoms with Crippen molar-refractivity contribution in [3.8, 4) is 17.0 Å². The van der Waals surface area contributed by atoms with E-state index in [1.54, 1.807) is 19.1 Å². The lowest BCUT2D eigenvalue weighted by molar-refractivity contribution is -0.0498. The molecule has 0 saturated carbocycles. The molecule has 0 aliphatic carbocycles. The van der Waals surface area contributed by atoms with Gasteiger partial charge in [0.2, 0.25) is 0 Å². The van der Waals surface area contributed by atoms with Crippen molar-refractivity contribution in [3.63, 3.8) is 0 Å². The summed E-state index contributed by atoms with van der Waals surface area (Å²) in [7, 11) is 1.81. The molecule has 0 fully saturated rings. The number of imidazole rings is 1. The van der Waals surface area contributed by atoms with E-state index < -0.39 is 12.6 Å². The van der Waals surface area contributed by atoms with E-state index in [0.29, 0.717) is 29.2 Å². The number of hydrogen-bond acceptors (Lipinski definition) is 5. The highest BCUT2D eigenvalue weighted by Crippen LogP contribution is 2.31. The fraction of sp³-hybridized carbons (Fsp3) is 0.304. The fourth-order valence-corrected chi connectivity index (χ4v) is 3.37. The Morgan fingerprint density at radius 1 is 1.13 bits per heavy atom. The minimum atomic E-state index is -2.88. The first-order valence-electron chi connectivity index (χ1n) is 9.99. The Morgan fingerprint density at radius 3 is 2.39 bits per heavy atom. The summed E-state index contributed by atoms with van der Waals surface area (Å²) < 4.78 is 36.1. The van der Waals surface area contributed by atoms with E-state index in [1.165, 1.54) is 12.1 Å². The third-order valence-corrected chi connectivity index (χ3v) is 4.95. The zero-order valence-corrected chi connectivity index (χ0v) is 17.7. The van der Waals surface area contributed by atoms with Gasteiger partial charge in [0.15, 0.2) is 5.69 Å². The molecule has 0 radical (unpaired) electrons. The van der Waals surface area contributed by atoms with Gasteiger partial charge in [0, 0.05) is 24.7 Å². The Labute approximate surface area is 179 Å². The number of hydrogen-bond donors (Lipinski definition) is 1. The number of nitrogens with zero attached hydrogens (tertiary/aromatic N) is 2. The van der Waals surface area contributed by atoms with E-state index >= 15 is 0 Å². The number of aryl methyl sites for hydroxylation is 1. The zero-order chi connectivity index (χ0) is 22.5. The average Bonchev–Trinajstić information content (AvgIpc) is 3.05. The van der Waals surface area contributed by atoms with Gasteiger partial charge in [-0.15, -0.1) is 0 Å². The number of halogens is 2. The molecule has 0 unspecified atom stereocenters. The number of ether oxygens (including phenoxy) is 2. The highest BCUT2D eigenvalue weighted by Gasteiger charge is 2.24.